The van der Waals surface area contributed by atoms with Gasteiger partial charge in [0.25, 0.3) is 0 Å². The molecule has 0 atom stereocenters. The Balaban J connectivity index is 0.00000312. The van der Waals surface area contributed by atoms with Crippen molar-refractivity contribution >= 4 is 41.5 Å². The number of guanidine groups is 1. The van der Waals surface area contributed by atoms with Gasteiger partial charge in [0, 0.05) is 45.5 Å². The van der Waals surface area contributed by atoms with Crippen molar-refractivity contribution in [2.45, 2.75) is 19.8 Å². The van der Waals surface area contributed by atoms with Crippen LogP contribution in [-0.4, -0.2) is 68.3 Å². The van der Waals surface area contributed by atoms with Crippen LogP contribution in [0.25, 0.3) is 0 Å². The second-order valence-corrected chi connectivity index (χ2v) is 6.12. The van der Waals surface area contributed by atoms with Crippen molar-refractivity contribution in [2.75, 3.05) is 52.5 Å². The lowest BCUT2D eigenvalue weighted by atomic mass is 10.2. The third-order valence-corrected chi connectivity index (χ3v) is 4.07. The molecule has 142 valence electrons. The molecule has 0 aromatic carbocycles. The van der Waals surface area contributed by atoms with Crippen molar-refractivity contribution in [2.24, 2.45) is 4.99 Å². The summed E-state index contributed by atoms with van der Waals surface area (Å²) < 4.78 is 5.36. The molecule has 1 aliphatic rings. The van der Waals surface area contributed by atoms with Gasteiger partial charge >= 0.3 is 0 Å². The first-order chi connectivity index (χ1) is 11.8. The minimum absolute atomic E-state index is 0. The van der Waals surface area contributed by atoms with Gasteiger partial charge in [-0.1, -0.05) is 17.7 Å². The number of hydrogen-bond donors (Lipinski definition) is 2. The van der Waals surface area contributed by atoms with Crippen molar-refractivity contribution in [1.29, 1.82) is 0 Å². The molecule has 2 heterocycles. The molecule has 1 aromatic heterocycles. The zero-order chi connectivity index (χ0) is 17.0. The largest absolute Gasteiger partial charge is 0.379 e. The van der Waals surface area contributed by atoms with Crippen LogP contribution >= 0.6 is 35.6 Å². The number of nitrogens with one attached hydrogen (secondary N) is 2. The Labute approximate surface area is 172 Å². The van der Waals surface area contributed by atoms with Gasteiger partial charge in [0.15, 0.2) is 5.96 Å². The van der Waals surface area contributed by atoms with Crippen LogP contribution < -0.4 is 10.6 Å². The molecule has 1 aliphatic heterocycles. The van der Waals surface area contributed by atoms with Gasteiger partial charge in [-0.05, 0) is 31.4 Å². The van der Waals surface area contributed by atoms with E-state index in [1.807, 2.05) is 18.3 Å². The van der Waals surface area contributed by atoms with E-state index < -0.39 is 0 Å². The van der Waals surface area contributed by atoms with E-state index in [4.69, 9.17) is 16.3 Å². The quantitative estimate of drug-likeness (QED) is 0.196. The smallest absolute Gasteiger partial charge is 0.191 e. The summed E-state index contributed by atoms with van der Waals surface area (Å²) in [5.74, 6) is 0.876. The number of hydrogen-bond acceptors (Lipinski definition) is 4. The van der Waals surface area contributed by atoms with Gasteiger partial charge in [-0.3, -0.25) is 9.89 Å². The average Bonchev–Trinajstić information content (AvgIpc) is 2.61. The summed E-state index contributed by atoms with van der Waals surface area (Å²) in [5.41, 5.74) is 1.16. The lowest BCUT2D eigenvalue weighted by Crippen LogP contribution is -2.39. The molecule has 0 aliphatic carbocycles. The summed E-state index contributed by atoms with van der Waals surface area (Å²) in [7, 11) is 0. The number of nitrogens with zero attached hydrogens (tertiary/aromatic N) is 3. The summed E-state index contributed by atoms with van der Waals surface area (Å²) >= 11 is 5.80. The Hall–Kier alpha value is -0.640. The molecule has 0 unspecified atom stereocenters. The molecule has 0 amide bonds. The normalized spacial score (nSPS) is 15.5. The molecule has 0 saturated carbocycles. The van der Waals surface area contributed by atoms with Crippen molar-refractivity contribution in [3.63, 3.8) is 0 Å². The van der Waals surface area contributed by atoms with Gasteiger partial charge < -0.3 is 15.4 Å². The summed E-state index contributed by atoms with van der Waals surface area (Å²) in [6, 6.07) is 3.82. The average molecular weight is 482 g/mol. The lowest BCUT2D eigenvalue weighted by Gasteiger charge is -2.26. The summed E-state index contributed by atoms with van der Waals surface area (Å²) in [6.07, 6.45) is 3.77. The minimum atomic E-state index is 0. The first-order valence-electron chi connectivity index (χ1n) is 8.70. The highest BCUT2D eigenvalue weighted by Crippen LogP contribution is 2.05. The molecular weight excluding hydrogens is 453 g/mol. The molecule has 0 radical (unpaired) electrons. The molecule has 2 rings (SSSR count). The SMILES string of the molecule is CCNC(=NCCCN1CCOCC1)NCCc1ccc(Cl)nc1.I. The van der Waals surface area contributed by atoms with Gasteiger partial charge in [0.2, 0.25) is 0 Å². The Morgan fingerprint density at radius 3 is 2.80 bits per heavy atom. The topological polar surface area (TPSA) is 61.8 Å². The van der Waals surface area contributed by atoms with Crippen molar-refractivity contribution in [1.82, 2.24) is 20.5 Å². The highest BCUT2D eigenvalue weighted by Gasteiger charge is 2.09. The van der Waals surface area contributed by atoms with E-state index in [1.54, 1.807) is 0 Å². The Morgan fingerprint density at radius 2 is 2.12 bits per heavy atom. The highest BCUT2D eigenvalue weighted by atomic mass is 127. The number of aliphatic imine (C=N–C) groups is 1. The number of rotatable bonds is 8. The number of aromatic nitrogens is 1. The third kappa shape index (κ3) is 9.58. The van der Waals surface area contributed by atoms with Crippen LogP contribution in [0.2, 0.25) is 5.15 Å². The molecule has 0 bridgehead atoms. The molecule has 1 saturated heterocycles. The maximum atomic E-state index is 5.80. The Kier molecular flexibility index (Phi) is 12.1. The predicted molar refractivity (Wildman–Crippen MR) is 114 cm³/mol. The maximum absolute atomic E-state index is 5.80. The first kappa shape index (κ1) is 22.4. The molecular formula is C17H29ClIN5O. The minimum Gasteiger partial charge on any atom is -0.379 e. The monoisotopic (exact) mass is 481 g/mol. The standard InChI is InChI=1S/C17H28ClN5O.HI/c1-2-19-17(20-7-3-9-23-10-12-24-13-11-23)21-8-6-15-4-5-16(18)22-14-15;/h4-5,14H,2-3,6-13H2,1H3,(H2,19,20,21);1H. The fourth-order valence-corrected chi connectivity index (χ4v) is 2.64. The van der Waals surface area contributed by atoms with Crippen LogP contribution in [-0.2, 0) is 11.2 Å². The fraction of sp³-hybridized carbons (Fsp3) is 0.647. The fourth-order valence-electron chi connectivity index (χ4n) is 2.53. The van der Waals surface area contributed by atoms with Crippen LogP contribution in [0.4, 0.5) is 0 Å². The molecule has 2 N–H and O–H groups in total. The molecule has 6 nitrogen and oxygen atoms in total. The number of halogens is 2. The van der Waals surface area contributed by atoms with E-state index in [-0.39, 0.29) is 24.0 Å². The van der Waals surface area contributed by atoms with Crippen LogP contribution in [0, 0.1) is 0 Å². The third-order valence-electron chi connectivity index (χ3n) is 3.85. The van der Waals surface area contributed by atoms with Crippen molar-refractivity contribution < 1.29 is 4.74 Å². The zero-order valence-electron chi connectivity index (χ0n) is 14.8. The van der Waals surface area contributed by atoms with Crippen LogP contribution in [0.3, 0.4) is 0 Å². The van der Waals surface area contributed by atoms with Gasteiger partial charge in [0.1, 0.15) is 5.15 Å². The first-order valence-corrected chi connectivity index (χ1v) is 9.08. The van der Waals surface area contributed by atoms with Gasteiger partial charge in [-0.25, -0.2) is 4.98 Å². The summed E-state index contributed by atoms with van der Waals surface area (Å²) in [6.45, 7) is 9.46. The zero-order valence-corrected chi connectivity index (χ0v) is 17.9. The van der Waals surface area contributed by atoms with Gasteiger partial charge in [-0.15, -0.1) is 24.0 Å². The summed E-state index contributed by atoms with van der Waals surface area (Å²) in [4.78, 5) is 11.2. The van der Waals surface area contributed by atoms with E-state index >= 15 is 0 Å². The molecule has 8 heteroatoms. The van der Waals surface area contributed by atoms with E-state index in [2.05, 4.69) is 32.4 Å². The van der Waals surface area contributed by atoms with Crippen molar-refractivity contribution in [3.8, 4) is 0 Å². The number of ether oxygens (including phenoxy) is 1. The Morgan fingerprint density at radius 1 is 1.32 bits per heavy atom. The number of morpholine rings is 1. The molecule has 0 spiro atoms. The van der Waals surface area contributed by atoms with Crippen LogP contribution in [0.1, 0.15) is 18.9 Å². The van der Waals surface area contributed by atoms with E-state index in [0.717, 1.165) is 76.8 Å². The molecule has 1 fully saturated rings. The van der Waals surface area contributed by atoms with Gasteiger partial charge in [-0.2, -0.15) is 0 Å². The second-order valence-electron chi connectivity index (χ2n) is 5.73. The Bertz CT molecular complexity index is 494. The van der Waals surface area contributed by atoms with Crippen molar-refractivity contribution in [3.05, 3.63) is 29.0 Å². The highest BCUT2D eigenvalue weighted by molar-refractivity contribution is 14.0. The van der Waals surface area contributed by atoms with E-state index in [9.17, 15) is 0 Å². The van der Waals surface area contributed by atoms with E-state index in [0.29, 0.717) is 5.15 Å². The number of pyridine rings is 1. The molecule has 1 aromatic rings. The summed E-state index contributed by atoms with van der Waals surface area (Å²) in [5, 5.41) is 7.18. The van der Waals surface area contributed by atoms with E-state index in [1.165, 1.54) is 0 Å². The van der Waals surface area contributed by atoms with Crippen LogP contribution in [0.15, 0.2) is 23.3 Å². The van der Waals surface area contributed by atoms with Gasteiger partial charge in [0.05, 0.1) is 13.2 Å². The maximum Gasteiger partial charge on any atom is 0.191 e. The predicted octanol–water partition coefficient (Wildman–Crippen LogP) is 2.17. The molecule has 25 heavy (non-hydrogen) atoms. The van der Waals surface area contributed by atoms with Crippen LogP contribution in [0.5, 0.6) is 0 Å². The lowest BCUT2D eigenvalue weighted by molar-refractivity contribution is 0.0377. The second kappa shape index (κ2) is 13.5.